The maximum absolute atomic E-state index is 12.8. The number of amides is 2. The molecule has 5 unspecified atom stereocenters. The molecule has 34 nitrogen and oxygen atoms in total. The van der Waals surface area contributed by atoms with Gasteiger partial charge >= 0.3 is 10.4 Å². The molecule has 0 bridgehead atoms. The Morgan fingerprint density at radius 3 is 1.24 bits per heavy atom. The van der Waals surface area contributed by atoms with Gasteiger partial charge in [-0.05, 0) is 13.8 Å². The van der Waals surface area contributed by atoms with Crippen LogP contribution in [0.5, 0.6) is 0 Å². The Balaban J connectivity index is 1.30. The van der Waals surface area contributed by atoms with Crippen molar-refractivity contribution in [3.8, 4) is 0 Å². The lowest BCUT2D eigenvalue weighted by Crippen LogP contribution is -2.70. The minimum Gasteiger partial charge on any atom is -0.394 e. The molecular weight excluding hydrogens is 1050 g/mol. The number of hydrogen-bond donors (Lipinski definition) is 18. The highest BCUT2D eigenvalue weighted by atomic mass is 32.3. The summed E-state index contributed by atoms with van der Waals surface area (Å²) >= 11 is 0. The van der Waals surface area contributed by atoms with E-state index in [1.165, 1.54) is 13.8 Å². The first-order valence-corrected chi connectivity index (χ1v) is 24.8. The Kier molecular flexibility index (Phi) is 21.4. The molecule has 75 heavy (non-hydrogen) atoms. The molecule has 30 atom stereocenters. The molecule has 6 saturated heterocycles. The molecule has 35 heteroatoms. The van der Waals surface area contributed by atoms with Gasteiger partial charge in [0.2, 0.25) is 11.8 Å². The van der Waals surface area contributed by atoms with Crippen molar-refractivity contribution in [2.24, 2.45) is 0 Å². The third kappa shape index (κ3) is 14.2. The van der Waals surface area contributed by atoms with Crippen LogP contribution >= 0.6 is 0 Å². The standard InChI is InChI=1S/C40H68N2O32S/c1-9-19(47)25(53)29(57)37(65-9)73-33-27(55)21(49)13(5-43)68-39(33)71-31-17(41-11(3)45)35(59)67-15(23(31)51)7-63-36-18(42-12(4)46)32(24(52)16(70-36)8-64-75(60,61)62)72-40-34(28(56)22(50)14(6-44)69-40)74-38-30(58)26(54)20(48)10(2)66-38/h9-10,13-40,43-44,47-59H,5-8H2,1-4H3,(H,41,45)(H,42,46)(H,60,61,62)/t9-,10-,13+,14+,15+,16+,17+,18+,19+,20+,21-,22-,23-,24+,25+,26+,27-,28-,29-,30-,31+,32+,33+,34+,35-,36?,37?,38?,39?,40?/m0/s1. The Morgan fingerprint density at radius 2 is 0.827 bits per heavy atom. The quantitative estimate of drug-likeness (QED) is 0.0567. The Bertz CT molecular complexity index is 1970. The summed E-state index contributed by atoms with van der Waals surface area (Å²) in [5, 5.41) is 167. The highest BCUT2D eigenvalue weighted by Gasteiger charge is 2.57. The van der Waals surface area contributed by atoms with Crippen LogP contribution in [0.4, 0.5) is 0 Å². The second-order valence-electron chi connectivity index (χ2n) is 18.8. The molecule has 0 aromatic rings. The van der Waals surface area contributed by atoms with E-state index < -0.39 is 233 Å². The zero-order valence-corrected chi connectivity index (χ0v) is 41.1. The van der Waals surface area contributed by atoms with Crippen LogP contribution in [0.15, 0.2) is 0 Å². The van der Waals surface area contributed by atoms with Crippen LogP contribution in [-0.2, 0) is 76.3 Å². The molecule has 6 aliphatic rings. The van der Waals surface area contributed by atoms with Crippen molar-refractivity contribution in [3.63, 3.8) is 0 Å². The Morgan fingerprint density at radius 1 is 0.440 bits per heavy atom. The molecular formula is C40H68N2O32S. The van der Waals surface area contributed by atoms with Crippen LogP contribution in [0, 0.1) is 0 Å². The summed E-state index contributed by atoms with van der Waals surface area (Å²) in [7, 11) is -5.30. The summed E-state index contributed by atoms with van der Waals surface area (Å²) in [6, 6.07) is -3.59. The summed E-state index contributed by atoms with van der Waals surface area (Å²) in [5.74, 6) is -1.75. The van der Waals surface area contributed by atoms with Gasteiger partial charge in [-0.25, -0.2) is 4.18 Å². The van der Waals surface area contributed by atoms with Gasteiger partial charge in [-0.3, -0.25) is 14.1 Å². The van der Waals surface area contributed by atoms with E-state index in [2.05, 4.69) is 14.8 Å². The normalized spacial score (nSPS) is 49.0. The van der Waals surface area contributed by atoms with Crippen LogP contribution in [0.25, 0.3) is 0 Å². The molecule has 0 spiro atoms. The Labute approximate surface area is 425 Å². The van der Waals surface area contributed by atoms with E-state index in [-0.39, 0.29) is 0 Å². The number of ether oxygens (including phenoxy) is 11. The molecule has 6 aliphatic heterocycles. The number of hydrogen-bond acceptors (Lipinski definition) is 31. The van der Waals surface area contributed by atoms with Crippen LogP contribution in [0.3, 0.4) is 0 Å². The lowest BCUT2D eigenvalue weighted by molar-refractivity contribution is -0.384. The van der Waals surface area contributed by atoms with Gasteiger partial charge in [0.1, 0.15) is 134 Å². The van der Waals surface area contributed by atoms with Crippen LogP contribution in [-0.4, -0.2) is 312 Å². The zero-order valence-electron chi connectivity index (χ0n) is 40.2. The summed E-state index contributed by atoms with van der Waals surface area (Å²) < 4.78 is 101. The van der Waals surface area contributed by atoms with Gasteiger partial charge in [-0.15, -0.1) is 0 Å². The fourth-order valence-electron chi connectivity index (χ4n) is 9.20. The van der Waals surface area contributed by atoms with Crippen molar-refractivity contribution in [2.75, 3.05) is 26.4 Å². The highest BCUT2D eigenvalue weighted by Crippen LogP contribution is 2.36. The van der Waals surface area contributed by atoms with Gasteiger partial charge in [-0.2, -0.15) is 8.42 Å². The molecule has 0 aromatic carbocycles. The third-order valence-electron chi connectivity index (χ3n) is 13.3. The third-order valence-corrected chi connectivity index (χ3v) is 13.8. The van der Waals surface area contributed by atoms with Crippen LogP contribution < -0.4 is 10.6 Å². The highest BCUT2D eigenvalue weighted by molar-refractivity contribution is 7.80. The summed E-state index contributed by atoms with van der Waals surface area (Å²) in [5.41, 5.74) is 0. The summed E-state index contributed by atoms with van der Waals surface area (Å²) in [6.07, 6.45) is -53.0. The number of aliphatic hydroxyl groups excluding tert-OH is 15. The van der Waals surface area contributed by atoms with Crippen LogP contribution in [0.1, 0.15) is 27.7 Å². The SMILES string of the molecule is CC(=O)N[C@@H]1[C@@H](OC2O[C@H](CO)[C@H](O)[C@H](O)[C@H]2OC2O[C@@H](C)[C@@H](O)[C@@H](O)[C@@H]2O)[C@@H](O)[C@@H](COC2O[C@H](COS(=O)(=O)O)[C@@H](O)[C@H](OC3O[C@H](CO)[C@H](O)[C@H](O)[C@H]3OC3O[C@@H](C)[C@@H](O)[C@@H](O)[C@@H]3O)[C@H]2NC(C)=O)O[C@@H]1O. The molecule has 6 rings (SSSR count). The van der Waals surface area contributed by atoms with E-state index in [1.54, 1.807) is 0 Å². The van der Waals surface area contributed by atoms with Crippen molar-refractivity contribution in [1.82, 2.24) is 10.6 Å². The topological polar surface area (TPSA) is 527 Å². The lowest BCUT2D eigenvalue weighted by Gasteiger charge is -2.50. The molecule has 2 amide bonds. The minimum absolute atomic E-state index is 0.841. The molecule has 18 N–H and O–H groups in total. The van der Waals surface area contributed by atoms with E-state index in [1.807, 2.05) is 0 Å². The number of aliphatic hydroxyl groups is 15. The summed E-state index contributed by atoms with van der Waals surface area (Å²) in [4.78, 5) is 25.3. The van der Waals surface area contributed by atoms with Gasteiger partial charge in [-0.1, -0.05) is 0 Å². The smallest absolute Gasteiger partial charge is 0.394 e. The van der Waals surface area contributed by atoms with Crippen molar-refractivity contribution in [3.05, 3.63) is 0 Å². The maximum atomic E-state index is 12.8. The van der Waals surface area contributed by atoms with Gasteiger partial charge < -0.3 is 139 Å². The fraction of sp³-hybridized carbons (Fsp3) is 0.950. The van der Waals surface area contributed by atoms with E-state index in [4.69, 9.17) is 52.1 Å². The number of carbonyl (C=O) groups excluding carboxylic acids is 2. The number of rotatable bonds is 18. The number of nitrogens with one attached hydrogen (secondary N) is 2. The lowest BCUT2D eigenvalue weighted by atomic mass is 9.94. The maximum Gasteiger partial charge on any atom is 0.397 e. The molecule has 0 aromatic heterocycles. The first-order chi connectivity index (χ1) is 35.1. The second kappa shape index (κ2) is 25.9. The van der Waals surface area contributed by atoms with Gasteiger partial charge in [0, 0.05) is 13.8 Å². The Hall–Kier alpha value is -2.23. The van der Waals surface area contributed by atoms with Gasteiger partial charge in [0.05, 0.1) is 38.6 Å². The van der Waals surface area contributed by atoms with Crippen LogP contribution in [0.2, 0.25) is 0 Å². The largest absolute Gasteiger partial charge is 0.397 e. The van der Waals surface area contributed by atoms with E-state index in [9.17, 15) is 99.2 Å². The first kappa shape index (κ1) is 62.0. The molecule has 0 aliphatic carbocycles. The summed E-state index contributed by atoms with van der Waals surface area (Å²) in [6.45, 7) is 0.354. The van der Waals surface area contributed by atoms with E-state index >= 15 is 0 Å². The van der Waals surface area contributed by atoms with Gasteiger partial charge in [0.25, 0.3) is 0 Å². The minimum atomic E-state index is -5.30. The molecule has 6 fully saturated rings. The first-order valence-electron chi connectivity index (χ1n) is 23.5. The number of carbonyl (C=O) groups is 2. The fourth-order valence-corrected chi connectivity index (χ4v) is 9.51. The molecule has 0 radical (unpaired) electrons. The predicted octanol–water partition coefficient (Wildman–Crippen LogP) is -11.9. The predicted molar refractivity (Wildman–Crippen MR) is 230 cm³/mol. The average molecular weight is 1120 g/mol. The molecule has 0 saturated carbocycles. The van der Waals surface area contributed by atoms with Crippen molar-refractivity contribution < 1.29 is 155 Å². The van der Waals surface area contributed by atoms with E-state index in [0.717, 1.165) is 13.8 Å². The van der Waals surface area contributed by atoms with Gasteiger partial charge in [0.15, 0.2) is 37.7 Å². The average Bonchev–Trinajstić information content (AvgIpc) is 3.34. The zero-order chi connectivity index (χ0) is 55.7. The van der Waals surface area contributed by atoms with E-state index in [0.29, 0.717) is 0 Å². The monoisotopic (exact) mass is 1120 g/mol. The molecule has 6 heterocycles. The van der Waals surface area contributed by atoms with Crippen molar-refractivity contribution in [2.45, 2.75) is 212 Å². The van der Waals surface area contributed by atoms with Crippen molar-refractivity contribution >= 4 is 22.2 Å². The molecule has 436 valence electrons. The van der Waals surface area contributed by atoms with Crippen molar-refractivity contribution in [1.29, 1.82) is 0 Å². The second-order valence-corrected chi connectivity index (χ2v) is 19.9.